The van der Waals surface area contributed by atoms with Gasteiger partial charge in [-0.25, -0.2) is 0 Å². The minimum absolute atomic E-state index is 0.0665. The first-order chi connectivity index (χ1) is 13.4. The van der Waals surface area contributed by atoms with Crippen LogP contribution in [0.25, 0.3) is 0 Å². The van der Waals surface area contributed by atoms with Crippen molar-refractivity contribution in [1.82, 2.24) is 4.90 Å². The summed E-state index contributed by atoms with van der Waals surface area (Å²) >= 11 is 0. The molecule has 1 saturated carbocycles. The van der Waals surface area contributed by atoms with Crippen LogP contribution in [0.3, 0.4) is 0 Å². The Bertz CT molecular complexity index is 808. The van der Waals surface area contributed by atoms with Crippen molar-refractivity contribution in [2.24, 2.45) is 11.8 Å². The van der Waals surface area contributed by atoms with Gasteiger partial charge in [0.05, 0.1) is 5.56 Å². The minimum atomic E-state index is -4.32. The predicted molar refractivity (Wildman–Crippen MR) is 102 cm³/mol. The molecule has 1 aliphatic heterocycles. The standard InChI is InChI=1S/C23H24F3NO/c24-23(25,26)19-8-6-18(7-9-19)20-15-21(20)22(28)27-12-10-17(11-13-27)14-16-4-2-1-3-5-16/h1-9,17,20-21H,10-15H2. The Balaban J connectivity index is 1.28. The Morgan fingerprint density at radius 3 is 2.21 bits per heavy atom. The average Bonchev–Trinajstić information content (AvgIpc) is 3.49. The third kappa shape index (κ3) is 4.23. The highest BCUT2D eigenvalue weighted by atomic mass is 19.4. The molecule has 2 atom stereocenters. The van der Waals surface area contributed by atoms with Crippen molar-refractivity contribution in [2.45, 2.75) is 37.8 Å². The van der Waals surface area contributed by atoms with Gasteiger partial charge >= 0.3 is 6.18 Å². The second kappa shape index (κ2) is 7.61. The Hall–Kier alpha value is -2.30. The van der Waals surface area contributed by atoms with Crippen molar-refractivity contribution in [3.8, 4) is 0 Å². The van der Waals surface area contributed by atoms with E-state index in [1.165, 1.54) is 17.7 Å². The van der Waals surface area contributed by atoms with Gasteiger partial charge in [-0.1, -0.05) is 42.5 Å². The maximum atomic E-state index is 12.8. The van der Waals surface area contributed by atoms with Gasteiger partial charge in [-0.15, -0.1) is 0 Å². The van der Waals surface area contributed by atoms with E-state index in [1.807, 2.05) is 11.0 Å². The monoisotopic (exact) mass is 387 g/mol. The summed E-state index contributed by atoms with van der Waals surface area (Å²) in [7, 11) is 0. The highest BCUT2D eigenvalue weighted by Gasteiger charge is 2.46. The molecule has 1 heterocycles. The van der Waals surface area contributed by atoms with E-state index in [1.54, 1.807) is 0 Å². The first-order valence-electron chi connectivity index (χ1n) is 9.91. The lowest BCUT2D eigenvalue weighted by Gasteiger charge is -2.32. The van der Waals surface area contributed by atoms with Crippen molar-refractivity contribution in [1.29, 1.82) is 0 Å². The molecule has 2 fully saturated rings. The quantitative estimate of drug-likeness (QED) is 0.698. The molecule has 1 amide bonds. The molecule has 2 aromatic carbocycles. The van der Waals surface area contributed by atoms with Gasteiger partial charge in [0, 0.05) is 19.0 Å². The smallest absolute Gasteiger partial charge is 0.342 e. The molecule has 2 nitrogen and oxygen atoms in total. The van der Waals surface area contributed by atoms with E-state index >= 15 is 0 Å². The van der Waals surface area contributed by atoms with Crippen molar-refractivity contribution in [3.05, 3.63) is 71.3 Å². The summed E-state index contributed by atoms with van der Waals surface area (Å²) in [6, 6.07) is 15.7. The van der Waals surface area contributed by atoms with Gasteiger partial charge in [-0.05, 0) is 60.8 Å². The van der Waals surface area contributed by atoms with Crippen LogP contribution in [0.15, 0.2) is 54.6 Å². The Morgan fingerprint density at radius 1 is 0.964 bits per heavy atom. The molecule has 148 valence electrons. The number of benzene rings is 2. The lowest BCUT2D eigenvalue weighted by molar-refractivity contribution is -0.137. The third-order valence-electron chi connectivity index (χ3n) is 6.07. The highest BCUT2D eigenvalue weighted by molar-refractivity contribution is 5.83. The minimum Gasteiger partial charge on any atom is -0.342 e. The maximum absolute atomic E-state index is 12.8. The van der Waals surface area contributed by atoms with E-state index in [0.717, 1.165) is 56.5 Å². The van der Waals surface area contributed by atoms with Crippen LogP contribution >= 0.6 is 0 Å². The SMILES string of the molecule is O=C(C1CC1c1ccc(C(F)(F)F)cc1)N1CCC(Cc2ccccc2)CC1. The van der Waals surface area contributed by atoms with Crippen molar-refractivity contribution in [2.75, 3.05) is 13.1 Å². The van der Waals surface area contributed by atoms with E-state index in [0.29, 0.717) is 5.92 Å². The maximum Gasteiger partial charge on any atom is 0.416 e. The van der Waals surface area contributed by atoms with E-state index in [4.69, 9.17) is 0 Å². The summed E-state index contributed by atoms with van der Waals surface area (Å²) in [5.41, 5.74) is 1.54. The van der Waals surface area contributed by atoms with Crippen LogP contribution in [0.1, 0.15) is 41.9 Å². The molecular formula is C23H24F3NO. The molecule has 0 radical (unpaired) electrons. The van der Waals surface area contributed by atoms with Gasteiger partial charge in [0.2, 0.25) is 5.91 Å². The molecule has 4 rings (SSSR count). The summed E-state index contributed by atoms with van der Waals surface area (Å²) in [5.74, 6) is 0.777. The summed E-state index contributed by atoms with van der Waals surface area (Å²) in [6.07, 6.45) is -0.493. The molecule has 1 saturated heterocycles. The third-order valence-corrected chi connectivity index (χ3v) is 6.07. The number of carbonyl (C=O) groups excluding carboxylic acids is 1. The second-order valence-corrected chi connectivity index (χ2v) is 8.03. The van der Waals surface area contributed by atoms with Gasteiger partial charge in [0.15, 0.2) is 0 Å². The number of nitrogens with zero attached hydrogens (tertiary/aromatic N) is 1. The summed E-state index contributed by atoms with van der Waals surface area (Å²) in [4.78, 5) is 14.7. The zero-order chi connectivity index (χ0) is 19.7. The second-order valence-electron chi connectivity index (χ2n) is 8.03. The van der Waals surface area contributed by atoms with Crippen LogP contribution in [-0.4, -0.2) is 23.9 Å². The average molecular weight is 387 g/mol. The van der Waals surface area contributed by atoms with Crippen LogP contribution in [0.5, 0.6) is 0 Å². The summed E-state index contributed by atoms with van der Waals surface area (Å²) < 4.78 is 38.1. The summed E-state index contributed by atoms with van der Waals surface area (Å²) in [6.45, 7) is 1.57. The molecule has 2 aliphatic rings. The van der Waals surface area contributed by atoms with Gasteiger partial charge < -0.3 is 4.90 Å². The molecule has 0 spiro atoms. The Kier molecular flexibility index (Phi) is 5.17. The van der Waals surface area contributed by atoms with Crippen LogP contribution in [-0.2, 0) is 17.4 Å². The zero-order valence-corrected chi connectivity index (χ0v) is 15.7. The fourth-order valence-corrected chi connectivity index (χ4v) is 4.30. The molecule has 1 aliphatic carbocycles. The number of carbonyl (C=O) groups is 1. The lowest BCUT2D eigenvalue weighted by atomic mass is 9.90. The highest BCUT2D eigenvalue weighted by Crippen LogP contribution is 2.49. The van der Waals surface area contributed by atoms with Crippen LogP contribution < -0.4 is 0 Å². The van der Waals surface area contributed by atoms with Crippen molar-refractivity contribution >= 4 is 5.91 Å². The van der Waals surface area contributed by atoms with Gasteiger partial charge in [0.25, 0.3) is 0 Å². The van der Waals surface area contributed by atoms with E-state index in [9.17, 15) is 18.0 Å². The van der Waals surface area contributed by atoms with Gasteiger partial charge in [-0.3, -0.25) is 4.79 Å². The lowest BCUT2D eigenvalue weighted by Crippen LogP contribution is -2.40. The predicted octanol–water partition coefficient (Wildman–Crippen LogP) is 5.29. The summed E-state index contributed by atoms with van der Waals surface area (Å²) in [5, 5.41) is 0. The topological polar surface area (TPSA) is 20.3 Å². The van der Waals surface area contributed by atoms with Crippen LogP contribution in [0.2, 0.25) is 0 Å². The molecule has 28 heavy (non-hydrogen) atoms. The fourth-order valence-electron chi connectivity index (χ4n) is 4.30. The van der Waals surface area contributed by atoms with Crippen LogP contribution in [0.4, 0.5) is 13.2 Å². The molecule has 2 unspecified atom stereocenters. The van der Waals surface area contributed by atoms with Gasteiger partial charge in [0.1, 0.15) is 0 Å². The van der Waals surface area contributed by atoms with Crippen molar-refractivity contribution in [3.63, 3.8) is 0 Å². The number of hydrogen-bond donors (Lipinski definition) is 0. The Morgan fingerprint density at radius 2 is 1.61 bits per heavy atom. The van der Waals surface area contributed by atoms with Crippen LogP contribution in [0, 0.1) is 11.8 Å². The van der Waals surface area contributed by atoms with E-state index < -0.39 is 11.7 Å². The van der Waals surface area contributed by atoms with Gasteiger partial charge in [-0.2, -0.15) is 13.2 Å². The first-order valence-corrected chi connectivity index (χ1v) is 9.91. The number of hydrogen-bond acceptors (Lipinski definition) is 1. The zero-order valence-electron chi connectivity index (χ0n) is 15.7. The number of likely N-dealkylation sites (tertiary alicyclic amines) is 1. The number of rotatable bonds is 4. The Labute approximate surface area is 163 Å². The number of amides is 1. The molecule has 0 bridgehead atoms. The normalized spacial score (nSPS) is 22.9. The van der Waals surface area contributed by atoms with E-state index in [2.05, 4.69) is 24.3 Å². The molecule has 0 N–H and O–H groups in total. The largest absolute Gasteiger partial charge is 0.416 e. The van der Waals surface area contributed by atoms with E-state index in [-0.39, 0.29) is 17.7 Å². The molecule has 5 heteroatoms. The first kappa shape index (κ1) is 19.0. The molecular weight excluding hydrogens is 363 g/mol. The number of halogens is 3. The van der Waals surface area contributed by atoms with Crippen molar-refractivity contribution < 1.29 is 18.0 Å². The number of piperidine rings is 1. The number of alkyl halides is 3. The molecule has 0 aromatic heterocycles. The fraction of sp³-hybridized carbons (Fsp3) is 0.435. The molecule has 2 aromatic rings.